The summed E-state index contributed by atoms with van der Waals surface area (Å²) in [6.45, 7) is 9.99. The van der Waals surface area contributed by atoms with E-state index in [0.717, 1.165) is 44.2 Å². The molecule has 8 nitrogen and oxygen atoms in total. The van der Waals surface area contributed by atoms with Gasteiger partial charge in [0.15, 0.2) is 5.96 Å². The number of piperazine rings is 1. The number of benzene rings is 1. The molecule has 154 valence electrons. The van der Waals surface area contributed by atoms with E-state index in [-0.39, 0.29) is 11.7 Å². The summed E-state index contributed by atoms with van der Waals surface area (Å²) < 4.78 is 5.32. The summed E-state index contributed by atoms with van der Waals surface area (Å²) in [5.41, 5.74) is 1.06. The van der Waals surface area contributed by atoms with Crippen LogP contribution in [0, 0.1) is 0 Å². The minimum Gasteiger partial charge on any atom is -0.508 e. The highest BCUT2D eigenvalue weighted by atomic mass is 16.5. The number of nitrogens with one attached hydrogen (secondary N) is 1. The number of ether oxygens (including phenoxy) is 1. The predicted molar refractivity (Wildman–Crippen MR) is 108 cm³/mol. The molecule has 1 amide bonds. The number of amides is 1. The van der Waals surface area contributed by atoms with Crippen LogP contribution in [0.1, 0.15) is 12.5 Å². The Labute approximate surface area is 166 Å². The summed E-state index contributed by atoms with van der Waals surface area (Å²) >= 11 is 0. The van der Waals surface area contributed by atoms with Gasteiger partial charge in [0.1, 0.15) is 5.75 Å². The summed E-state index contributed by atoms with van der Waals surface area (Å²) in [6, 6.07) is 7.14. The van der Waals surface area contributed by atoms with Crippen LogP contribution >= 0.6 is 0 Å². The van der Waals surface area contributed by atoms with Crippen molar-refractivity contribution in [3.8, 4) is 5.75 Å². The molecule has 0 spiro atoms. The third kappa shape index (κ3) is 5.84. The Morgan fingerprint density at radius 2 is 1.75 bits per heavy atom. The van der Waals surface area contributed by atoms with Crippen LogP contribution in [-0.2, 0) is 16.1 Å². The predicted octanol–water partition coefficient (Wildman–Crippen LogP) is 0.334. The van der Waals surface area contributed by atoms with Crippen LogP contribution in [0.3, 0.4) is 0 Å². The quantitative estimate of drug-likeness (QED) is 0.558. The summed E-state index contributed by atoms with van der Waals surface area (Å²) in [5.74, 6) is 1.36. The van der Waals surface area contributed by atoms with E-state index in [1.165, 1.54) is 0 Å². The Kier molecular flexibility index (Phi) is 7.50. The van der Waals surface area contributed by atoms with Crippen LogP contribution in [0.15, 0.2) is 29.3 Å². The van der Waals surface area contributed by atoms with Crippen molar-refractivity contribution in [2.75, 3.05) is 65.6 Å². The molecule has 0 unspecified atom stereocenters. The zero-order chi connectivity index (χ0) is 19.8. The Morgan fingerprint density at radius 1 is 1.07 bits per heavy atom. The van der Waals surface area contributed by atoms with Crippen molar-refractivity contribution in [3.05, 3.63) is 29.8 Å². The molecule has 2 aliphatic heterocycles. The Morgan fingerprint density at radius 3 is 2.39 bits per heavy atom. The SMILES string of the molecule is CCNC(=NCc1ccc(O)cc1)N1CCN(CC(=O)N2CCOCC2)CC1. The number of rotatable bonds is 5. The highest BCUT2D eigenvalue weighted by Gasteiger charge is 2.24. The molecule has 8 heteroatoms. The maximum Gasteiger partial charge on any atom is 0.236 e. The normalized spacial score (nSPS) is 19.0. The van der Waals surface area contributed by atoms with E-state index < -0.39 is 0 Å². The number of carbonyl (C=O) groups is 1. The van der Waals surface area contributed by atoms with Gasteiger partial charge in [0.05, 0.1) is 26.3 Å². The molecule has 2 heterocycles. The van der Waals surface area contributed by atoms with Crippen molar-refractivity contribution in [2.24, 2.45) is 4.99 Å². The zero-order valence-electron chi connectivity index (χ0n) is 16.6. The third-order valence-corrected chi connectivity index (χ3v) is 5.08. The first-order valence-corrected chi connectivity index (χ1v) is 10.0. The molecule has 28 heavy (non-hydrogen) atoms. The fourth-order valence-electron chi connectivity index (χ4n) is 3.42. The number of hydrogen-bond acceptors (Lipinski definition) is 5. The third-order valence-electron chi connectivity index (χ3n) is 5.08. The average molecular weight is 390 g/mol. The Balaban J connectivity index is 1.49. The lowest BCUT2D eigenvalue weighted by atomic mass is 10.2. The van der Waals surface area contributed by atoms with Crippen LogP contribution in [-0.4, -0.2) is 97.2 Å². The van der Waals surface area contributed by atoms with Crippen molar-refractivity contribution in [2.45, 2.75) is 13.5 Å². The summed E-state index contributed by atoms with van der Waals surface area (Å²) in [5, 5.41) is 12.8. The number of morpholine rings is 1. The van der Waals surface area contributed by atoms with Gasteiger partial charge < -0.3 is 25.0 Å². The first-order valence-electron chi connectivity index (χ1n) is 10.0. The number of phenols is 1. The minimum absolute atomic E-state index is 0.199. The zero-order valence-corrected chi connectivity index (χ0v) is 16.6. The first-order chi connectivity index (χ1) is 13.7. The molecule has 1 aromatic carbocycles. The van der Waals surface area contributed by atoms with Crippen molar-refractivity contribution in [3.63, 3.8) is 0 Å². The maximum absolute atomic E-state index is 12.4. The van der Waals surface area contributed by atoms with Crippen molar-refractivity contribution in [1.82, 2.24) is 20.0 Å². The minimum atomic E-state index is 0.199. The van der Waals surface area contributed by atoms with Crippen LogP contribution in [0.5, 0.6) is 5.75 Å². The van der Waals surface area contributed by atoms with Gasteiger partial charge in [-0.1, -0.05) is 12.1 Å². The molecule has 0 radical (unpaired) electrons. The Hall–Kier alpha value is -2.32. The number of aliphatic imine (C=N–C) groups is 1. The molecule has 2 fully saturated rings. The van der Waals surface area contributed by atoms with E-state index in [2.05, 4.69) is 22.0 Å². The van der Waals surface area contributed by atoms with Gasteiger partial charge in [0.25, 0.3) is 0 Å². The molecule has 0 bridgehead atoms. The highest BCUT2D eigenvalue weighted by Crippen LogP contribution is 2.11. The summed E-state index contributed by atoms with van der Waals surface area (Å²) in [4.78, 5) is 23.5. The van der Waals surface area contributed by atoms with Gasteiger partial charge in [-0.3, -0.25) is 9.69 Å². The van der Waals surface area contributed by atoms with Crippen molar-refractivity contribution >= 4 is 11.9 Å². The van der Waals surface area contributed by atoms with E-state index in [9.17, 15) is 9.90 Å². The molecule has 0 atom stereocenters. The molecule has 2 saturated heterocycles. The van der Waals surface area contributed by atoms with Crippen molar-refractivity contribution in [1.29, 1.82) is 0 Å². The fraction of sp³-hybridized carbons (Fsp3) is 0.600. The van der Waals surface area contributed by atoms with E-state index in [0.29, 0.717) is 39.4 Å². The van der Waals surface area contributed by atoms with E-state index in [1.807, 2.05) is 17.0 Å². The lowest BCUT2D eigenvalue weighted by molar-refractivity contribution is -0.136. The van der Waals surface area contributed by atoms with Gasteiger partial charge in [-0.25, -0.2) is 4.99 Å². The second-order valence-electron chi connectivity index (χ2n) is 7.09. The molecule has 0 aliphatic carbocycles. The molecule has 2 aliphatic rings. The van der Waals surface area contributed by atoms with Gasteiger partial charge in [-0.2, -0.15) is 0 Å². The number of aromatic hydroxyl groups is 1. The average Bonchev–Trinajstić information content (AvgIpc) is 2.73. The molecule has 3 rings (SSSR count). The van der Waals surface area contributed by atoms with E-state index in [4.69, 9.17) is 9.73 Å². The van der Waals surface area contributed by atoms with Crippen LogP contribution in [0.2, 0.25) is 0 Å². The fourth-order valence-corrected chi connectivity index (χ4v) is 3.42. The second-order valence-corrected chi connectivity index (χ2v) is 7.09. The number of guanidine groups is 1. The number of phenolic OH excluding ortho intramolecular Hbond substituents is 1. The molecule has 2 N–H and O–H groups in total. The smallest absolute Gasteiger partial charge is 0.236 e. The largest absolute Gasteiger partial charge is 0.508 e. The van der Waals surface area contributed by atoms with Crippen molar-refractivity contribution < 1.29 is 14.6 Å². The summed E-state index contributed by atoms with van der Waals surface area (Å²) in [7, 11) is 0. The standard InChI is InChI=1S/C20H31N5O3/c1-2-21-20(22-15-17-3-5-18(26)6-4-17)25-9-7-23(8-10-25)16-19(27)24-11-13-28-14-12-24/h3-6,26H,2,7-16H2,1H3,(H,21,22). The van der Waals surface area contributed by atoms with Gasteiger partial charge in [0.2, 0.25) is 5.91 Å². The summed E-state index contributed by atoms with van der Waals surface area (Å²) in [6.07, 6.45) is 0. The number of nitrogens with zero attached hydrogens (tertiary/aromatic N) is 4. The highest BCUT2D eigenvalue weighted by molar-refractivity contribution is 5.80. The number of hydrogen-bond donors (Lipinski definition) is 2. The topological polar surface area (TPSA) is 80.6 Å². The van der Waals surface area contributed by atoms with Gasteiger partial charge >= 0.3 is 0 Å². The van der Waals surface area contributed by atoms with Crippen LogP contribution in [0.4, 0.5) is 0 Å². The lowest BCUT2D eigenvalue weighted by Crippen LogP contribution is -2.54. The van der Waals surface area contributed by atoms with Gasteiger partial charge in [-0.15, -0.1) is 0 Å². The van der Waals surface area contributed by atoms with Gasteiger partial charge in [0, 0.05) is 45.8 Å². The van der Waals surface area contributed by atoms with Crippen LogP contribution < -0.4 is 5.32 Å². The molecule has 1 aromatic rings. The molecular formula is C20H31N5O3. The molecule has 0 aromatic heterocycles. The first kappa shape index (κ1) is 20.4. The monoisotopic (exact) mass is 389 g/mol. The van der Waals surface area contributed by atoms with E-state index in [1.54, 1.807) is 12.1 Å². The van der Waals surface area contributed by atoms with Crippen LogP contribution in [0.25, 0.3) is 0 Å². The maximum atomic E-state index is 12.4. The van der Waals surface area contributed by atoms with Gasteiger partial charge in [-0.05, 0) is 24.6 Å². The lowest BCUT2D eigenvalue weighted by Gasteiger charge is -2.37. The van der Waals surface area contributed by atoms with E-state index >= 15 is 0 Å². The molecule has 0 saturated carbocycles. The second kappa shape index (κ2) is 10.3. The Bertz CT molecular complexity index is 650. The number of carbonyl (C=O) groups excluding carboxylic acids is 1. The molecular weight excluding hydrogens is 358 g/mol.